The minimum Gasteiger partial charge on any atom is -0.419 e. The fraction of sp³-hybridized carbons (Fsp3) is 0.0769. The van der Waals surface area contributed by atoms with Gasteiger partial charge in [0.2, 0.25) is 5.89 Å². The normalized spacial score (nSPS) is 10.8. The number of nitrogen functional groups attached to an aromatic ring is 1. The average molecular weight is 368 g/mol. The highest BCUT2D eigenvalue weighted by Crippen LogP contribution is 2.31. The molecule has 20 heavy (non-hydrogen) atoms. The van der Waals surface area contributed by atoms with Crippen molar-refractivity contribution < 1.29 is 4.42 Å². The molecule has 0 saturated carbocycles. The number of hydrogen-bond donors (Lipinski definition) is 1. The molecular weight excluding hydrogens is 358 g/mol. The molecule has 3 aromatic rings. The lowest BCUT2D eigenvalue weighted by Crippen LogP contribution is -1.89. The Balaban J connectivity index is 1.70. The number of halogens is 1. The molecule has 2 N–H and O–H groups in total. The Hall–Kier alpha value is -1.31. The molecule has 7 heteroatoms. The maximum atomic E-state index is 5.95. The van der Waals surface area contributed by atoms with E-state index in [1.54, 1.807) is 23.1 Å². The van der Waals surface area contributed by atoms with Crippen LogP contribution in [-0.4, -0.2) is 10.2 Å². The van der Waals surface area contributed by atoms with E-state index in [9.17, 15) is 0 Å². The van der Waals surface area contributed by atoms with E-state index in [1.807, 2.05) is 35.7 Å². The van der Waals surface area contributed by atoms with Crippen LogP contribution in [0.15, 0.2) is 49.5 Å². The van der Waals surface area contributed by atoms with Crippen molar-refractivity contribution in [2.75, 3.05) is 5.73 Å². The fourth-order valence-electron chi connectivity index (χ4n) is 1.60. The molecular formula is C13H10BrN3OS2. The summed E-state index contributed by atoms with van der Waals surface area (Å²) in [4.78, 5) is 1.99. The smallest absolute Gasteiger partial charge is 0.257 e. The third-order valence-corrected chi connectivity index (χ3v) is 4.95. The molecule has 0 fully saturated rings. The third-order valence-electron chi connectivity index (χ3n) is 2.52. The largest absolute Gasteiger partial charge is 0.419 e. The summed E-state index contributed by atoms with van der Waals surface area (Å²) in [5.41, 5.74) is 6.69. The van der Waals surface area contributed by atoms with Crippen molar-refractivity contribution in [2.45, 2.75) is 10.6 Å². The molecule has 2 heterocycles. The summed E-state index contributed by atoms with van der Waals surface area (Å²) >= 11 is 6.55. The molecule has 102 valence electrons. The van der Waals surface area contributed by atoms with Gasteiger partial charge >= 0.3 is 0 Å². The van der Waals surface area contributed by atoms with Crippen molar-refractivity contribution in [3.8, 4) is 10.8 Å². The summed E-state index contributed by atoms with van der Waals surface area (Å²) < 4.78 is 6.60. The van der Waals surface area contributed by atoms with Gasteiger partial charge in [0, 0.05) is 15.1 Å². The molecule has 0 atom stereocenters. The van der Waals surface area contributed by atoms with E-state index in [-0.39, 0.29) is 0 Å². The van der Waals surface area contributed by atoms with Gasteiger partial charge in [-0.25, -0.2) is 0 Å². The van der Waals surface area contributed by atoms with Gasteiger partial charge in [-0.3, -0.25) is 0 Å². The lowest BCUT2D eigenvalue weighted by atomic mass is 10.3. The maximum Gasteiger partial charge on any atom is 0.257 e. The van der Waals surface area contributed by atoms with Gasteiger partial charge in [0.05, 0.1) is 10.6 Å². The first-order valence-electron chi connectivity index (χ1n) is 5.76. The van der Waals surface area contributed by atoms with Crippen molar-refractivity contribution in [1.29, 1.82) is 0 Å². The van der Waals surface area contributed by atoms with Crippen LogP contribution in [0.25, 0.3) is 10.8 Å². The van der Waals surface area contributed by atoms with Crippen LogP contribution in [0.1, 0.15) is 5.89 Å². The molecule has 0 amide bonds. The summed E-state index contributed by atoms with van der Waals surface area (Å²) in [6, 6.07) is 9.74. The van der Waals surface area contributed by atoms with E-state index in [4.69, 9.17) is 10.2 Å². The van der Waals surface area contributed by atoms with Crippen LogP contribution in [0.3, 0.4) is 0 Å². The van der Waals surface area contributed by atoms with E-state index in [0.29, 0.717) is 17.5 Å². The lowest BCUT2D eigenvalue weighted by molar-refractivity contribution is 0.529. The molecule has 0 spiro atoms. The predicted molar refractivity (Wildman–Crippen MR) is 85.7 cm³/mol. The van der Waals surface area contributed by atoms with Crippen molar-refractivity contribution >= 4 is 44.7 Å². The van der Waals surface area contributed by atoms with Gasteiger partial charge in [0.1, 0.15) is 0 Å². The molecule has 0 aliphatic rings. The molecule has 3 rings (SSSR count). The zero-order valence-electron chi connectivity index (χ0n) is 10.2. The van der Waals surface area contributed by atoms with Crippen molar-refractivity contribution in [2.24, 2.45) is 0 Å². The minimum absolute atomic E-state index is 0.569. The number of aromatic nitrogens is 2. The molecule has 4 nitrogen and oxygen atoms in total. The maximum absolute atomic E-state index is 5.95. The molecule has 0 aliphatic heterocycles. The van der Waals surface area contributed by atoms with Crippen LogP contribution in [0.4, 0.5) is 5.69 Å². The number of anilines is 1. The van der Waals surface area contributed by atoms with E-state index >= 15 is 0 Å². The highest BCUT2D eigenvalue weighted by atomic mass is 79.9. The predicted octanol–water partition coefficient (Wildman–Crippen LogP) is 4.44. The Labute approximate surface area is 132 Å². The Morgan fingerprint density at radius 1 is 1.30 bits per heavy atom. The first-order chi connectivity index (χ1) is 9.72. The van der Waals surface area contributed by atoms with Crippen molar-refractivity contribution in [3.63, 3.8) is 0 Å². The highest BCUT2D eigenvalue weighted by Gasteiger charge is 2.10. The summed E-state index contributed by atoms with van der Waals surface area (Å²) in [5, 5.41) is 10.1. The van der Waals surface area contributed by atoms with E-state index in [1.165, 1.54) is 0 Å². The number of nitrogens with zero attached hydrogens (tertiary/aromatic N) is 2. The Bertz CT molecular complexity index is 712. The quantitative estimate of drug-likeness (QED) is 0.545. The molecule has 1 aromatic carbocycles. The van der Waals surface area contributed by atoms with Crippen LogP contribution in [0.2, 0.25) is 0 Å². The van der Waals surface area contributed by atoms with Gasteiger partial charge in [-0.05, 0) is 29.6 Å². The number of nitrogens with two attached hydrogens (primary N) is 1. The molecule has 0 radical (unpaired) electrons. The molecule has 0 unspecified atom stereocenters. The number of rotatable bonds is 4. The lowest BCUT2D eigenvalue weighted by Gasteiger charge is -2.03. The van der Waals surface area contributed by atoms with Crippen LogP contribution in [0.5, 0.6) is 0 Å². The van der Waals surface area contributed by atoms with Gasteiger partial charge in [-0.1, -0.05) is 22.0 Å². The SMILES string of the molecule is Nc1cc(Br)ccc1SCc1nnc(-c2cccs2)o1. The molecule has 0 aliphatic carbocycles. The van der Waals surface area contributed by atoms with Gasteiger partial charge in [-0.15, -0.1) is 33.3 Å². The Morgan fingerprint density at radius 3 is 2.95 bits per heavy atom. The summed E-state index contributed by atoms with van der Waals surface area (Å²) in [5.74, 6) is 1.77. The summed E-state index contributed by atoms with van der Waals surface area (Å²) in [7, 11) is 0. The second-order valence-corrected chi connectivity index (χ2v) is 6.83. The van der Waals surface area contributed by atoms with Gasteiger partial charge < -0.3 is 10.2 Å². The standard InChI is InChI=1S/C13H10BrN3OS2/c14-8-3-4-10(9(15)6-8)20-7-12-16-17-13(18-12)11-2-1-5-19-11/h1-6H,7,15H2. The number of thioether (sulfide) groups is 1. The molecule has 0 bridgehead atoms. The highest BCUT2D eigenvalue weighted by molar-refractivity contribution is 9.10. The van der Waals surface area contributed by atoms with Crippen LogP contribution in [0, 0.1) is 0 Å². The molecule has 2 aromatic heterocycles. The first kappa shape index (κ1) is 13.7. The Kier molecular flexibility index (Phi) is 4.09. The van der Waals surface area contributed by atoms with Crippen LogP contribution < -0.4 is 5.73 Å². The van der Waals surface area contributed by atoms with Gasteiger partial charge in [0.15, 0.2) is 0 Å². The van der Waals surface area contributed by atoms with Gasteiger partial charge in [-0.2, -0.15) is 0 Å². The topological polar surface area (TPSA) is 64.9 Å². The van der Waals surface area contributed by atoms with E-state index < -0.39 is 0 Å². The van der Waals surface area contributed by atoms with E-state index in [0.717, 1.165) is 19.9 Å². The number of hydrogen-bond acceptors (Lipinski definition) is 6. The molecule has 0 saturated heterocycles. The summed E-state index contributed by atoms with van der Waals surface area (Å²) in [6.07, 6.45) is 0. The fourth-order valence-corrected chi connectivity index (χ4v) is 3.41. The van der Waals surface area contributed by atoms with Gasteiger partial charge in [0.25, 0.3) is 5.89 Å². The second kappa shape index (κ2) is 5.99. The summed E-state index contributed by atoms with van der Waals surface area (Å²) in [6.45, 7) is 0. The van der Waals surface area contributed by atoms with Crippen molar-refractivity contribution in [1.82, 2.24) is 10.2 Å². The van der Waals surface area contributed by atoms with Crippen molar-refractivity contribution in [3.05, 3.63) is 46.1 Å². The third kappa shape index (κ3) is 3.05. The second-order valence-electron chi connectivity index (χ2n) is 3.95. The monoisotopic (exact) mass is 367 g/mol. The van der Waals surface area contributed by atoms with Crippen LogP contribution >= 0.6 is 39.0 Å². The number of benzene rings is 1. The average Bonchev–Trinajstić information content (AvgIpc) is 3.08. The zero-order valence-corrected chi connectivity index (χ0v) is 13.5. The first-order valence-corrected chi connectivity index (χ1v) is 8.42. The van der Waals surface area contributed by atoms with E-state index in [2.05, 4.69) is 26.1 Å². The van der Waals surface area contributed by atoms with Crippen LogP contribution in [-0.2, 0) is 5.75 Å². The zero-order chi connectivity index (χ0) is 13.9. The minimum atomic E-state index is 0.569. The Morgan fingerprint density at radius 2 is 2.20 bits per heavy atom. The number of thiophene rings is 1.